The number of anilines is 3. The lowest BCUT2D eigenvalue weighted by Crippen LogP contribution is -2.18. The van der Waals surface area contributed by atoms with Gasteiger partial charge in [-0.3, -0.25) is 0 Å². The molecule has 0 unspecified atom stereocenters. The first-order valence-corrected chi connectivity index (χ1v) is 27.0. The number of fused-ring (bicyclic) bond motifs is 9. The van der Waals surface area contributed by atoms with Crippen LogP contribution in [0.2, 0.25) is 0 Å². The summed E-state index contributed by atoms with van der Waals surface area (Å²) in [5.41, 5.74) is 31.4. The summed E-state index contributed by atoms with van der Waals surface area (Å²) >= 11 is 0. The summed E-state index contributed by atoms with van der Waals surface area (Å²) in [6.45, 7) is 14.3. The second kappa shape index (κ2) is 17.1. The first-order chi connectivity index (χ1) is 36.9. The molecule has 1 heteroatoms. The van der Waals surface area contributed by atoms with Gasteiger partial charge < -0.3 is 4.90 Å². The van der Waals surface area contributed by atoms with Gasteiger partial charge in [0.2, 0.25) is 0 Å². The highest BCUT2D eigenvalue weighted by Gasteiger charge is 2.39. The van der Waals surface area contributed by atoms with E-state index in [1.165, 1.54) is 122 Å². The molecule has 0 aliphatic heterocycles. The van der Waals surface area contributed by atoms with Gasteiger partial charge in [-0.15, -0.1) is 0 Å². The third kappa shape index (κ3) is 7.20. The average Bonchev–Trinajstić information content (AvgIpc) is 4.06. The van der Waals surface area contributed by atoms with Crippen molar-refractivity contribution < 1.29 is 0 Å². The van der Waals surface area contributed by atoms with Gasteiger partial charge in [-0.1, -0.05) is 236 Å². The summed E-state index contributed by atoms with van der Waals surface area (Å²) in [6.07, 6.45) is 0. The van der Waals surface area contributed by atoms with Crippen LogP contribution in [0.1, 0.15) is 74.9 Å². The monoisotopic (exact) mass is 973 g/mol. The number of benzene rings is 11. The lowest BCUT2D eigenvalue weighted by atomic mass is 9.81. The highest BCUT2D eigenvalue weighted by Crippen LogP contribution is 2.55. The molecule has 1 nitrogen and oxygen atoms in total. The quantitative estimate of drug-likeness (QED) is 0.147. The molecule has 0 fully saturated rings. The zero-order chi connectivity index (χ0) is 51.5. The topological polar surface area (TPSA) is 3.24 Å². The Balaban J connectivity index is 0.820. The Bertz CT molecular complexity index is 4080. The van der Waals surface area contributed by atoms with Crippen LogP contribution in [0.25, 0.3) is 89.0 Å². The molecule has 364 valence electrons. The molecule has 0 saturated carbocycles. The van der Waals surface area contributed by atoms with E-state index in [9.17, 15) is 0 Å². The maximum absolute atomic E-state index is 2.49. The van der Waals surface area contributed by atoms with Gasteiger partial charge in [-0.05, 0) is 177 Å². The van der Waals surface area contributed by atoms with Crippen molar-refractivity contribution in [2.75, 3.05) is 4.90 Å². The van der Waals surface area contributed by atoms with Gasteiger partial charge in [0.15, 0.2) is 0 Å². The molecule has 3 aliphatic rings. The van der Waals surface area contributed by atoms with E-state index in [2.05, 4.69) is 295 Å². The Morgan fingerprint density at radius 2 is 0.447 bits per heavy atom. The Hall–Kier alpha value is -8.78. The fraction of sp³-hybridized carbons (Fsp3) is 0.120. The van der Waals surface area contributed by atoms with E-state index in [0.29, 0.717) is 0 Å². The van der Waals surface area contributed by atoms with Crippen molar-refractivity contribution in [2.24, 2.45) is 0 Å². The van der Waals surface area contributed by atoms with Crippen LogP contribution in [-0.2, 0) is 16.2 Å². The number of rotatable bonds is 8. The van der Waals surface area contributed by atoms with Crippen molar-refractivity contribution in [3.05, 3.63) is 282 Å². The van der Waals surface area contributed by atoms with Gasteiger partial charge in [0.25, 0.3) is 0 Å². The highest BCUT2D eigenvalue weighted by molar-refractivity contribution is 5.91. The van der Waals surface area contributed by atoms with E-state index in [1.807, 2.05) is 0 Å². The number of hydrogen-bond donors (Lipinski definition) is 0. The van der Waals surface area contributed by atoms with E-state index in [-0.39, 0.29) is 16.2 Å². The van der Waals surface area contributed by atoms with Gasteiger partial charge in [-0.25, -0.2) is 0 Å². The third-order valence-electron chi connectivity index (χ3n) is 17.5. The van der Waals surface area contributed by atoms with E-state index < -0.39 is 0 Å². The lowest BCUT2D eigenvalue weighted by molar-refractivity contribution is 0.660. The van der Waals surface area contributed by atoms with E-state index >= 15 is 0 Å². The molecule has 0 atom stereocenters. The number of hydrogen-bond acceptors (Lipinski definition) is 1. The standard InChI is InChI=1S/C75H59N/c1-73(2)67-20-14-13-19-61(67)62-38-32-57(44-68(62)73)54-29-34-58(35-30-54)76(59-36-41-65-63-39-31-55(49-17-11-8-12-18-49)43-69(63)74(3,4)71(65)46-59)60-37-42-66-64-40-33-56(45-70(64)75(5,6)72(66)47-60)53-27-25-52(26-28-53)51-23-21-50(22-24-51)48-15-9-7-10-16-48/h7-47H,1-6H3. The van der Waals surface area contributed by atoms with Crippen LogP contribution in [0.3, 0.4) is 0 Å². The van der Waals surface area contributed by atoms with Crippen molar-refractivity contribution in [1.29, 1.82) is 0 Å². The molecule has 76 heavy (non-hydrogen) atoms. The minimum Gasteiger partial charge on any atom is -0.310 e. The van der Waals surface area contributed by atoms with E-state index in [4.69, 9.17) is 0 Å². The van der Waals surface area contributed by atoms with E-state index in [1.54, 1.807) is 0 Å². The SMILES string of the molecule is CC1(C)c2ccccc2-c2ccc(-c3ccc(N(c4ccc5c(c4)C(C)(C)c4cc(-c6ccccc6)ccc4-5)c4ccc5c(c4)C(C)(C)c4cc(-c6ccc(-c7ccc(-c8ccccc8)cc7)cc6)ccc4-5)cc3)cc21. The Kier molecular flexibility index (Phi) is 10.3. The Morgan fingerprint density at radius 3 is 0.855 bits per heavy atom. The molecule has 14 rings (SSSR count). The summed E-state index contributed by atoms with van der Waals surface area (Å²) in [7, 11) is 0. The Morgan fingerprint density at radius 1 is 0.197 bits per heavy atom. The third-order valence-corrected chi connectivity index (χ3v) is 17.5. The van der Waals surface area contributed by atoms with Crippen LogP contribution >= 0.6 is 0 Å². The second-order valence-electron chi connectivity index (χ2n) is 22.9. The summed E-state index contributed by atoms with van der Waals surface area (Å²) < 4.78 is 0. The molecule has 0 aromatic heterocycles. The summed E-state index contributed by atoms with van der Waals surface area (Å²) in [5.74, 6) is 0. The highest BCUT2D eigenvalue weighted by atomic mass is 15.1. The molecule has 3 aliphatic carbocycles. The van der Waals surface area contributed by atoms with Gasteiger partial charge in [0.05, 0.1) is 0 Å². The average molecular weight is 974 g/mol. The van der Waals surface area contributed by atoms with Gasteiger partial charge in [-0.2, -0.15) is 0 Å². The Labute approximate surface area is 448 Å². The first-order valence-electron chi connectivity index (χ1n) is 27.0. The molecule has 0 spiro atoms. The largest absolute Gasteiger partial charge is 0.310 e. The molecule has 11 aromatic rings. The minimum atomic E-state index is -0.230. The molecule has 11 aromatic carbocycles. The smallest absolute Gasteiger partial charge is 0.0465 e. The summed E-state index contributed by atoms with van der Waals surface area (Å²) in [5, 5.41) is 0. The van der Waals surface area contributed by atoms with Crippen LogP contribution in [0.5, 0.6) is 0 Å². The predicted molar refractivity (Wildman–Crippen MR) is 321 cm³/mol. The van der Waals surface area contributed by atoms with Crippen LogP contribution in [0, 0.1) is 0 Å². The van der Waals surface area contributed by atoms with Crippen LogP contribution < -0.4 is 4.90 Å². The van der Waals surface area contributed by atoms with Crippen LogP contribution in [-0.4, -0.2) is 0 Å². The molecule has 0 bridgehead atoms. The second-order valence-corrected chi connectivity index (χ2v) is 22.9. The van der Waals surface area contributed by atoms with Gasteiger partial charge in [0.1, 0.15) is 0 Å². The lowest BCUT2D eigenvalue weighted by Gasteiger charge is -2.30. The van der Waals surface area contributed by atoms with Crippen LogP contribution in [0.4, 0.5) is 17.1 Å². The molecule has 0 amide bonds. The van der Waals surface area contributed by atoms with Gasteiger partial charge >= 0.3 is 0 Å². The molecule has 0 saturated heterocycles. The normalized spacial score (nSPS) is 14.5. The molecule has 0 radical (unpaired) electrons. The van der Waals surface area contributed by atoms with Crippen molar-refractivity contribution in [2.45, 2.75) is 57.8 Å². The maximum atomic E-state index is 2.49. The van der Waals surface area contributed by atoms with Gasteiger partial charge in [0, 0.05) is 33.3 Å². The fourth-order valence-electron chi connectivity index (χ4n) is 13.2. The van der Waals surface area contributed by atoms with Crippen molar-refractivity contribution in [3.8, 4) is 89.0 Å². The van der Waals surface area contributed by atoms with E-state index in [0.717, 1.165) is 17.1 Å². The maximum Gasteiger partial charge on any atom is 0.0465 e. The molecular weight excluding hydrogens is 915 g/mol. The summed E-state index contributed by atoms with van der Waals surface area (Å²) in [6, 6.07) is 93.2. The molecule has 0 heterocycles. The van der Waals surface area contributed by atoms with Crippen molar-refractivity contribution in [1.82, 2.24) is 0 Å². The predicted octanol–water partition coefficient (Wildman–Crippen LogP) is 20.4. The summed E-state index contributed by atoms with van der Waals surface area (Å²) in [4.78, 5) is 2.49. The fourth-order valence-corrected chi connectivity index (χ4v) is 13.2. The molecule has 0 N–H and O–H groups in total. The zero-order valence-corrected chi connectivity index (χ0v) is 44.1. The molecular formula is C75H59N. The first kappa shape index (κ1) is 45.8. The van der Waals surface area contributed by atoms with Crippen molar-refractivity contribution in [3.63, 3.8) is 0 Å². The zero-order valence-electron chi connectivity index (χ0n) is 44.1. The van der Waals surface area contributed by atoms with Crippen LogP contribution in [0.15, 0.2) is 249 Å². The van der Waals surface area contributed by atoms with Crippen molar-refractivity contribution >= 4 is 17.1 Å². The minimum absolute atomic E-state index is 0.0614. The number of nitrogens with zero attached hydrogens (tertiary/aromatic N) is 1.